The van der Waals surface area contributed by atoms with Crippen LogP contribution in [0.25, 0.3) is 0 Å². The van der Waals surface area contributed by atoms with E-state index in [-0.39, 0.29) is 23.8 Å². The van der Waals surface area contributed by atoms with Crippen molar-refractivity contribution in [1.29, 1.82) is 0 Å². The summed E-state index contributed by atoms with van der Waals surface area (Å²) in [5.74, 6) is 1.10. The Balaban J connectivity index is 1.51. The topological polar surface area (TPSA) is 68.2 Å². The number of para-hydroxylation sites is 1. The molecule has 0 aliphatic carbocycles. The number of nitrogens with one attached hydrogen (secondary N) is 2. The summed E-state index contributed by atoms with van der Waals surface area (Å²) < 4.78 is 7.60. The molecule has 0 saturated carbocycles. The number of ether oxygens (including phenoxy) is 1. The number of rotatable bonds is 3. The van der Waals surface area contributed by atoms with Gasteiger partial charge in [-0.3, -0.25) is 9.48 Å². The standard InChI is InChI=1S/C19H24N4O2/c1-23-12-13(9-21-23)15-10-20-11-16(15)19(24)22-17-6-4-8-25-18-7-3-2-5-14(17)18/h2-3,5,7,9,12,15-17,20H,4,6,8,10-11H2,1H3,(H,22,24)/t15-,16+,17?/m1/s1. The lowest BCUT2D eigenvalue weighted by atomic mass is 9.89. The predicted octanol–water partition coefficient (Wildman–Crippen LogP) is 1.75. The number of aryl methyl sites for hydroxylation is 1. The maximum atomic E-state index is 13.0. The molecule has 6 heteroatoms. The zero-order valence-electron chi connectivity index (χ0n) is 14.4. The quantitative estimate of drug-likeness (QED) is 0.893. The van der Waals surface area contributed by atoms with Crippen LogP contribution in [0, 0.1) is 5.92 Å². The lowest BCUT2D eigenvalue weighted by Crippen LogP contribution is -2.36. The SMILES string of the molecule is Cn1cc([C@H]2CNC[C@@H]2C(=O)NC2CCCOc3ccccc32)cn1. The maximum Gasteiger partial charge on any atom is 0.225 e. The van der Waals surface area contributed by atoms with E-state index >= 15 is 0 Å². The molecule has 0 radical (unpaired) electrons. The van der Waals surface area contributed by atoms with Crippen LogP contribution in [0.3, 0.4) is 0 Å². The first kappa shape index (κ1) is 16.1. The molecule has 0 spiro atoms. The van der Waals surface area contributed by atoms with Crippen molar-refractivity contribution in [2.75, 3.05) is 19.7 Å². The molecule has 1 unspecified atom stereocenters. The summed E-state index contributed by atoms with van der Waals surface area (Å²) >= 11 is 0. The third kappa shape index (κ3) is 3.26. The van der Waals surface area contributed by atoms with E-state index in [4.69, 9.17) is 4.74 Å². The molecule has 2 aliphatic rings. The first-order valence-electron chi connectivity index (χ1n) is 8.94. The summed E-state index contributed by atoms with van der Waals surface area (Å²) in [6, 6.07) is 8.03. The van der Waals surface area contributed by atoms with E-state index in [1.54, 1.807) is 4.68 Å². The largest absolute Gasteiger partial charge is 0.493 e. The molecule has 132 valence electrons. The first-order chi connectivity index (χ1) is 12.2. The van der Waals surface area contributed by atoms with Gasteiger partial charge in [-0.25, -0.2) is 0 Å². The minimum absolute atomic E-state index is 0.0151. The Kier molecular flexibility index (Phi) is 4.44. The van der Waals surface area contributed by atoms with E-state index in [9.17, 15) is 4.79 Å². The maximum absolute atomic E-state index is 13.0. The summed E-state index contributed by atoms with van der Waals surface area (Å²) in [6.45, 7) is 2.22. The van der Waals surface area contributed by atoms with Crippen molar-refractivity contribution < 1.29 is 9.53 Å². The second-order valence-corrected chi connectivity index (χ2v) is 6.91. The summed E-state index contributed by atoms with van der Waals surface area (Å²) in [5.41, 5.74) is 2.20. The number of hydrogen-bond donors (Lipinski definition) is 2. The molecular formula is C19H24N4O2. The second kappa shape index (κ2) is 6.88. The zero-order valence-corrected chi connectivity index (χ0v) is 14.4. The molecule has 1 amide bonds. The number of amides is 1. The molecule has 25 heavy (non-hydrogen) atoms. The fourth-order valence-corrected chi connectivity index (χ4v) is 3.89. The van der Waals surface area contributed by atoms with Gasteiger partial charge in [-0.15, -0.1) is 0 Å². The fourth-order valence-electron chi connectivity index (χ4n) is 3.89. The minimum atomic E-state index is -0.0690. The van der Waals surface area contributed by atoms with Crippen LogP contribution < -0.4 is 15.4 Å². The van der Waals surface area contributed by atoms with E-state index in [1.807, 2.05) is 37.6 Å². The Hall–Kier alpha value is -2.34. The lowest BCUT2D eigenvalue weighted by Gasteiger charge is -2.23. The van der Waals surface area contributed by atoms with Gasteiger partial charge in [0.05, 0.1) is 24.8 Å². The van der Waals surface area contributed by atoms with Gasteiger partial charge in [-0.1, -0.05) is 18.2 Å². The van der Waals surface area contributed by atoms with Gasteiger partial charge in [-0.2, -0.15) is 5.10 Å². The first-order valence-corrected chi connectivity index (χ1v) is 8.94. The van der Waals surface area contributed by atoms with E-state index in [0.29, 0.717) is 13.2 Å². The number of carbonyl (C=O) groups is 1. The smallest absolute Gasteiger partial charge is 0.225 e. The van der Waals surface area contributed by atoms with Crippen molar-refractivity contribution in [3.63, 3.8) is 0 Å². The number of aromatic nitrogens is 2. The van der Waals surface area contributed by atoms with Gasteiger partial charge in [-0.05, 0) is 24.5 Å². The van der Waals surface area contributed by atoms with E-state index in [0.717, 1.165) is 36.3 Å². The summed E-state index contributed by atoms with van der Waals surface area (Å²) in [4.78, 5) is 13.0. The van der Waals surface area contributed by atoms with Gasteiger partial charge in [0.1, 0.15) is 5.75 Å². The van der Waals surface area contributed by atoms with Crippen LogP contribution in [0.5, 0.6) is 5.75 Å². The van der Waals surface area contributed by atoms with Crippen molar-refractivity contribution in [2.24, 2.45) is 13.0 Å². The summed E-state index contributed by atoms with van der Waals surface area (Å²) in [6.07, 6.45) is 5.72. The van der Waals surface area contributed by atoms with E-state index in [1.165, 1.54) is 0 Å². The van der Waals surface area contributed by atoms with Crippen LogP contribution in [0.2, 0.25) is 0 Å². The van der Waals surface area contributed by atoms with Crippen LogP contribution >= 0.6 is 0 Å². The number of fused-ring (bicyclic) bond motifs is 1. The highest BCUT2D eigenvalue weighted by Gasteiger charge is 2.36. The van der Waals surface area contributed by atoms with Crippen molar-refractivity contribution >= 4 is 5.91 Å². The Bertz CT molecular complexity index is 757. The average Bonchev–Trinajstić information content (AvgIpc) is 3.22. The zero-order chi connectivity index (χ0) is 17.2. The number of hydrogen-bond acceptors (Lipinski definition) is 4. The van der Waals surface area contributed by atoms with Crippen LogP contribution in [-0.2, 0) is 11.8 Å². The number of carbonyl (C=O) groups excluding carboxylic acids is 1. The molecule has 1 fully saturated rings. The van der Waals surface area contributed by atoms with Gasteiger partial charge < -0.3 is 15.4 Å². The fraction of sp³-hybridized carbons (Fsp3) is 0.474. The van der Waals surface area contributed by atoms with Gasteiger partial charge in [0.25, 0.3) is 0 Å². The third-order valence-electron chi connectivity index (χ3n) is 5.21. The molecule has 3 heterocycles. The van der Waals surface area contributed by atoms with Gasteiger partial charge in [0, 0.05) is 37.8 Å². The number of benzene rings is 1. The van der Waals surface area contributed by atoms with Crippen molar-refractivity contribution in [3.05, 3.63) is 47.8 Å². The molecule has 6 nitrogen and oxygen atoms in total. The predicted molar refractivity (Wildman–Crippen MR) is 94.4 cm³/mol. The summed E-state index contributed by atoms with van der Waals surface area (Å²) in [7, 11) is 1.91. The molecule has 2 aromatic rings. The molecule has 2 N–H and O–H groups in total. The van der Waals surface area contributed by atoms with Crippen LogP contribution in [0.1, 0.15) is 35.9 Å². The molecule has 1 aromatic carbocycles. The molecule has 1 saturated heterocycles. The molecular weight excluding hydrogens is 316 g/mol. The monoisotopic (exact) mass is 340 g/mol. The lowest BCUT2D eigenvalue weighted by molar-refractivity contribution is -0.125. The Morgan fingerprint density at radius 1 is 1.36 bits per heavy atom. The highest BCUT2D eigenvalue weighted by atomic mass is 16.5. The summed E-state index contributed by atoms with van der Waals surface area (Å²) in [5, 5.41) is 10.9. The van der Waals surface area contributed by atoms with Gasteiger partial charge in [0.15, 0.2) is 0 Å². The Morgan fingerprint density at radius 3 is 3.08 bits per heavy atom. The van der Waals surface area contributed by atoms with Crippen molar-refractivity contribution in [3.8, 4) is 5.75 Å². The second-order valence-electron chi connectivity index (χ2n) is 6.91. The normalized spacial score (nSPS) is 25.7. The van der Waals surface area contributed by atoms with Crippen molar-refractivity contribution in [2.45, 2.75) is 24.8 Å². The van der Waals surface area contributed by atoms with E-state index < -0.39 is 0 Å². The Labute approximate surface area is 147 Å². The van der Waals surface area contributed by atoms with Gasteiger partial charge >= 0.3 is 0 Å². The Morgan fingerprint density at radius 2 is 2.24 bits per heavy atom. The minimum Gasteiger partial charge on any atom is -0.493 e. The third-order valence-corrected chi connectivity index (χ3v) is 5.21. The van der Waals surface area contributed by atoms with Crippen LogP contribution in [0.15, 0.2) is 36.7 Å². The molecule has 0 bridgehead atoms. The highest BCUT2D eigenvalue weighted by Crippen LogP contribution is 2.33. The number of nitrogens with zero attached hydrogens (tertiary/aromatic N) is 2. The molecule has 4 rings (SSSR count). The molecule has 3 atom stereocenters. The average molecular weight is 340 g/mol. The molecule has 2 aliphatic heterocycles. The van der Waals surface area contributed by atoms with E-state index in [2.05, 4.69) is 21.8 Å². The highest BCUT2D eigenvalue weighted by molar-refractivity contribution is 5.81. The van der Waals surface area contributed by atoms with Crippen molar-refractivity contribution in [1.82, 2.24) is 20.4 Å². The van der Waals surface area contributed by atoms with Crippen LogP contribution in [-0.4, -0.2) is 35.4 Å². The van der Waals surface area contributed by atoms with Crippen LogP contribution in [0.4, 0.5) is 0 Å². The molecule has 1 aromatic heterocycles. The van der Waals surface area contributed by atoms with Gasteiger partial charge in [0.2, 0.25) is 5.91 Å².